The van der Waals surface area contributed by atoms with Crippen LogP contribution in [0.1, 0.15) is 37.9 Å². The number of nitrogens with zero attached hydrogens (tertiary/aromatic N) is 4. The number of imide groups is 1. The van der Waals surface area contributed by atoms with Crippen molar-refractivity contribution >= 4 is 40.5 Å². The molecular formula is C23H28N6O4S. The highest BCUT2D eigenvalue weighted by Crippen LogP contribution is 2.33. The number of morpholine rings is 1. The lowest BCUT2D eigenvalue weighted by atomic mass is 9.82. The van der Waals surface area contributed by atoms with Gasteiger partial charge in [-0.25, -0.2) is 14.8 Å². The summed E-state index contributed by atoms with van der Waals surface area (Å²) in [7, 11) is 0. The van der Waals surface area contributed by atoms with Gasteiger partial charge in [0.05, 0.1) is 31.0 Å². The van der Waals surface area contributed by atoms with E-state index in [4.69, 9.17) is 14.7 Å². The van der Waals surface area contributed by atoms with Gasteiger partial charge in [0.1, 0.15) is 16.4 Å². The van der Waals surface area contributed by atoms with Crippen LogP contribution in [0.3, 0.4) is 0 Å². The van der Waals surface area contributed by atoms with Crippen molar-refractivity contribution in [3.05, 3.63) is 30.1 Å². The lowest BCUT2D eigenvalue weighted by molar-refractivity contribution is -0.139. The maximum absolute atomic E-state index is 12.9. The quantitative estimate of drug-likeness (QED) is 0.362. The van der Waals surface area contributed by atoms with Crippen LogP contribution in [0.15, 0.2) is 29.3 Å². The Balaban J connectivity index is 1.26. The van der Waals surface area contributed by atoms with Crippen LogP contribution in [-0.2, 0) is 20.9 Å². The van der Waals surface area contributed by atoms with Gasteiger partial charge < -0.3 is 10.1 Å². The van der Waals surface area contributed by atoms with Gasteiger partial charge in [0.15, 0.2) is 0 Å². The van der Waals surface area contributed by atoms with Crippen molar-refractivity contribution in [2.45, 2.75) is 49.2 Å². The fourth-order valence-corrected chi connectivity index (χ4v) is 5.57. The van der Waals surface area contributed by atoms with Crippen LogP contribution in [0, 0.1) is 0 Å². The Hall–Kier alpha value is -2.76. The first-order valence-electron chi connectivity index (χ1n) is 11.7. The number of para-hydroxylation sites is 1. The third-order valence-corrected chi connectivity index (χ3v) is 7.52. The molecule has 2 aromatic rings. The lowest BCUT2D eigenvalue weighted by Crippen LogP contribution is -2.51. The largest absolute Gasteiger partial charge is 0.379 e. The molecule has 11 heteroatoms. The normalized spacial score (nSPS) is 20.6. The van der Waals surface area contributed by atoms with Gasteiger partial charge in [-0.3, -0.25) is 19.9 Å². The number of aromatic nitrogens is 2. The first kappa shape index (κ1) is 23.0. The number of urea groups is 1. The van der Waals surface area contributed by atoms with E-state index in [0.29, 0.717) is 43.5 Å². The maximum Gasteiger partial charge on any atom is 0.344 e. The molecule has 1 saturated carbocycles. The Morgan fingerprint density at radius 3 is 2.68 bits per heavy atom. The molecule has 1 aromatic heterocycles. The topological polar surface area (TPSA) is 117 Å². The van der Waals surface area contributed by atoms with E-state index in [9.17, 15) is 14.4 Å². The average Bonchev–Trinajstić information content (AvgIpc) is 3.07. The Labute approximate surface area is 201 Å². The molecule has 0 atom stereocenters. The predicted octanol–water partition coefficient (Wildman–Crippen LogP) is 1.84. The molecule has 1 spiro atoms. The van der Waals surface area contributed by atoms with Crippen molar-refractivity contribution in [3.8, 4) is 0 Å². The summed E-state index contributed by atoms with van der Waals surface area (Å²) in [6, 6.07) is 7.13. The van der Waals surface area contributed by atoms with E-state index in [1.807, 2.05) is 24.3 Å². The summed E-state index contributed by atoms with van der Waals surface area (Å²) in [5.74, 6) is -0.0892. The van der Waals surface area contributed by atoms with Crippen LogP contribution in [-0.4, -0.2) is 75.3 Å². The number of hydrazine groups is 1. The van der Waals surface area contributed by atoms with Crippen LogP contribution in [0.5, 0.6) is 0 Å². The summed E-state index contributed by atoms with van der Waals surface area (Å²) in [6.07, 6.45) is 4.04. The number of carbonyl (C=O) groups excluding carboxylic acids is 3. The van der Waals surface area contributed by atoms with Crippen molar-refractivity contribution in [2.75, 3.05) is 32.1 Å². The first-order chi connectivity index (χ1) is 16.5. The minimum atomic E-state index is -0.868. The second kappa shape index (κ2) is 9.85. The number of amides is 4. The molecule has 1 aliphatic carbocycles. The third-order valence-electron chi connectivity index (χ3n) is 6.53. The summed E-state index contributed by atoms with van der Waals surface area (Å²) >= 11 is 1.27. The standard InChI is InChI=1S/C23H28N6O4S/c30-19(27-29-21(31)23(26-22(29)32)8-4-1-5-9-23)15-34-20-16-6-2-3-7-17(16)24-18(25-20)14-28-10-12-33-13-11-28/h2-3,6-7H,1,4-5,8-15H2,(H,26,32)(H,27,30). The summed E-state index contributed by atoms with van der Waals surface area (Å²) in [5, 5.41) is 5.21. The van der Waals surface area contributed by atoms with Gasteiger partial charge >= 0.3 is 6.03 Å². The Morgan fingerprint density at radius 2 is 1.88 bits per heavy atom. The van der Waals surface area contributed by atoms with Gasteiger partial charge in [-0.2, -0.15) is 5.01 Å². The molecule has 0 radical (unpaired) electrons. The number of hydrogen-bond acceptors (Lipinski definition) is 8. The van der Waals surface area contributed by atoms with Gasteiger partial charge in [-0.1, -0.05) is 49.2 Å². The number of ether oxygens (including phenoxy) is 1. The average molecular weight is 485 g/mol. The molecule has 3 aliphatic rings. The smallest absolute Gasteiger partial charge is 0.344 e. The molecule has 0 unspecified atom stereocenters. The predicted molar refractivity (Wildman–Crippen MR) is 126 cm³/mol. The van der Waals surface area contributed by atoms with Crippen molar-refractivity contribution in [3.63, 3.8) is 0 Å². The van der Waals surface area contributed by atoms with E-state index in [0.717, 1.165) is 48.3 Å². The molecule has 34 heavy (non-hydrogen) atoms. The minimum Gasteiger partial charge on any atom is -0.379 e. The van der Waals surface area contributed by atoms with Crippen molar-refractivity contribution in [1.82, 2.24) is 30.6 Å². The van der Waals surface area contributed by atoms with Crippen molar-refractivity contribution in [2.24, 2.45) is 0 Å². The molecule has 0 bridgehead atoms. The molecule has 3 heterocycles. The number of benzene rings is 1. The first-order valence-corrected chi connectivity index (χ1v) is 12.7. The molecule has 3 fully saturated rings. The Kier molecular flexibility index (Phi) is 6.66. The monoisotopic (exact) mass is 484 g/mol. The van der Waals surface area contributed by atoms with Gasteiger partial charge in [0.25, 0.3) is 5.91 Å². The minimum absolute atomic E-state index is 0.0159. The fourth-order valence-electron chi connectivity index (χ4n) is 4.74. The second-order valence-electron chi connectivity index (χ2n) is 8.89. The van der Waals surface area contributed by atoms with Crippen LogP contribution in [0.25, 0.3) is 10.9 Å². The Morgan fingerprint density at radius 1 is 1.12 bits per heavy atom. The maximum atomic E-state index is 12.9. The SMILES string of the molecule is O=C(CSc1nc(CN2CCOCC2)nc2ccccc12)NN1C(=O)NC2(CCCCC2)C1=O. The lowest BCUT2D eigenvalue weighted by Gasteiger charge is -2.30. The number of thioether (sulfide) groups is 1. The fraction of sp³-hybridized carbons (Fsp3) is 0.522. The summed E-state index contributed by atoms with van der Waals surface area (Å²) in [5.41, 5.74) is 2.44. The highest BCUT2D eigenvalue weighted by atomic mass is 32.2. The zero-order valence-electron chi connectivity index (χ0n) is 18.9. The van der Waals surface area contributed by atoms with Gasteiger partial charge in [0, 0.05) is 18.5 Å². The zero-order valence-corrected chi connectivity index (χ0v) is 19.7. The molecule has 2 aliphatic heterocycles. The van der Waals surface area contributed by atoms with Crippen LogP contribution < -0.4 is 10.7 Å². The molecule has 5 rings (SSSR count). The van der Waals surface area contributed by atoms with E-state index in [-0.39, 0.29) is 11.7 Å². The third kappa shape index (κ3) is 4.73. The molecule has 2 N–H and O–H groups in total. The number of carbonyl (C=O) groups is 3. The van der Waals surface area contributed by atoms with E-state index in [1.165, 1.54) is 11.8 Å². The summed E-state index contributed by atoms with van der Waals surface area (Å²) < 4.78 is 5.42. The van der Waals surface area contributed by atoms with Gasteiger partial charge in [-0.15, -0.1) is 0 Å². The van der Waals surface area contributed by atoms with E-state index < -0.39 is 17.5 Å². The molecule has 1 aromatic carbocycles. The van der Waals surface area contributed by atoms with Crippen LogP contribution in [0.4, 0.5) is 4.79 Å². The van der Waals surface area contributed by atoms with Gasteiger partial charge in [-0.05, 0) is 18.9 Å². The van der Waals surface area contributed by atoms with Crippen molar-refractivity contribution in [1.29, 1.82) is 0 Å². The van der Waals surface area contributed by atoms with Crippen LogP contribution in [0.2, 0.25) is 0 Å². The number of hydrogen-bond donors (Lipinski definition) is 2. The number of nitrogens with one attached hydrogen (secondary N) is 2. The van der Waals surface area contributed by atoms with E-state index in [2.05, 4.69) is 15.6 Å². The number of rotatable bonds is 6. The summed E-state index contributed by atoms with van der Waals surface area (Å²) in [4.78, 5) is 49.7. The highest BCUT2D eigenvalue weighted by molar-refractivity contribution is 8.00. The summed E-state index contributed by atoms with van der Waals surface area (Å²) in [6.45, 7) is 3.65. The van der Waals surface area contributed by atoms with Crippen molar-refractivity contribution < 1.29 is 19.1 Å². The van der Waals surface area contributed by atoms with Gasteiger partial charge in [0.2, 0.25) is 5.91 Å². The van der Waals surface area contributed by atoms with E-state index in [1.54, 1.807) is 0 Å². The molecule has 2 saturated heterocycles. The molecule has 180 valence electrons. The molecule has 10 nitrogen and oxygen atoms in total. The highest BCUT2D eigenvalue weighted by Gasteiger charge is 2.52. The Bertz CT molecular complexity index is 1100. The second-order valence-corrected chi connectivity index (χ2v) is 9.85. The molecule has 4 amide bonds. The van der Waals surface area contributed by atoms with Crippen LogP contribution >= 0.6 is 11.8 Å². The number of fused-ring (bicyclic) bond motifs is 1. The van der Waals surface area contributed by atoms with E-state index >= 15 is 0 Å². The molecular weight excluding hydrogens is 456 g/mol. The zero-order chi connectivity index (χ0) is 23.5.